The molecule has 1 saturated carbocycles. The number of hydrogen-bond donors (Lipinski definition) is 0. The molecule has 2 heterocycles. The van der Waals surface area contributed by atoms with E-state index in [9.17, 15) is 9.59 Å². The van der Waals surface area contributed by atoms with E-state index in [4.69, 9.17) is 0 Å². The van der Waals surface area contributed by atoms with Crippen LogP contribution in [-0.4, -0.2) is 27.6 Å². The van der Waals surface area contributed by atoms with E-state index in [0.717, 1.165) is 34.1 Å². The summed E-state index contributed by atoms with van der Waals surface area (Å²) in [7, 11) is 0. The number of hydrazone groups is 1. The molecule has 154 valence electrons. The molecule has 6 rings (SSSR count). The van der Waals surface area contributed by atoms with Gasteiger partial charge in [0.05, 0.1) is 23.7 Å². The number of allylic oxidation sites excluding steroid dienone is 2. The fourth-order valence-corrected chi connectivity index (χ4v) is 5.81. The van der Waals surface area contributed by atoms with Gasteiger partial charge in [0.25, 0.3) is 11.8 Å². The first-order chi connectivity index (χ1) is 15.0. The second kappa shape index (κ2) is 6.51. The normalized spacial score (nSPS) is 26.7. The van der Waals surface area contributed by atoms with Gasteiger partial charge in [-0.1, -0.05) is 48.6 Å². The van der Waals surface area contributed by atoms with Crippen LogP contribution in [-0.2, 0) is 9.59 Å². The quantitative estimate of drug-likeness (QED) is 0.366. The maximum atomic E-state index is 12.9. The highest BCUT2D eigenvalue weighted by atomic mass is 16.2. The lowest BCUT2D eigenvalue weighted by Gasteiger charge is -2.13. The van der Waals surface area contributed by atoms with E-state index in [1.54, 1.807) is 6.21 Å². The van der Waals surface area contributed by atoms with Gasteiger partial charge in [-0.25, -0.2) is 0 Å². The fraction of sp³-hybridized carbons (Fsp3) is 0.269. The van der Waals surface area contributed by atoms with Gasteiger partial charge >= 0.3 is 0 Å². The number of fused-ring (bicyclic) bond motifs is 6. The lowest BCUT2D eigenvalue weighted by atomic mass is 9.85. The molecule has 0 radical (unpaired) electrons. The number of carbonyl (C=O) groups excluding carboxylic acids is 2. The molecule has 2 fully saturated rings. The first kappa shape index (κ1) is 18.3. The molecule has 4 atom stereocenters. The van der Waals surface area contributed by atoms with Crippen LogP contribution in [0.2, 0.25) is 0 Å². The van der Waals surface area contributed by atoms with Crippen LogP contribution < -0.4 is 0 Å². The summed E-state index contributed by atoms with van der Waals surface area (Å²) < 4.78 is 2.20. The van der Waals surface area contributed by atoms with Crippen LogP contribution in [0.5, 0.6) is 0 Å². The predicted molar refractivity (Wildman–Crippen MR) is 120 cm³/mol. The zero-order chi connectivity index (χ0) is 21.3. The molecule has 5 heteroatoms. The first-order valence-corrected chi connectivity index (χ1v) is 10.8. The number of hydrogen-bond acceptors (Lipinski definition) is 3. The van der Waals surface area contributed by atoms with E-state index >= 15 is 0 Å². The second-order valence-electron chi connectivity index (χ2n) is 8.89. The van der Waals surface area contributed by atoms with Gasteiger partial charge in [0.1, 0.15) is 0 Å². The fourth-order valence-electron chi connectivity index (χ4n) is 5.81. The molecule has 1 aliphatic heterocycles. The van der Waals surface area contributed by atoms with Gasteiger partial charge in [-0.3, -0.25) is 9.59 Å². The lowest BCUT2D eigenvalue weighted by Crippen LogP contribution is -2.28. The molecule has 0 N–H and O–H groups in total. The Hall–Kier alpha value is -3.47. The van der Waals surface area contributed by atoms with Crippen LogP contribution >= 0.6 is 0 Å². The van der Waals surface area contributed by atoms with Gasteiger partial charge < -0.3 is 4.57 Å². The number of aromatic nitrogens is 1. The molecule has 3 aromatic rings. The Balaban J connectivity index is 1.35. The summed E-state index contributed by atoms with van der Waals surface area (Å²) in [4.78, 5) is 25.8. The van der Waals surface area contributed by atoms with Crippen LogP contribution in [0.1, 0.15) is 23.4 Å². The van der Waals surface area contributed by atoms with Crippen molar-refractivity contribution in [3.63, 3.8) is 0 Å². The summed E-state index contributed by atoms with van der Waals surface area (Å²) in [6.07, 6.45) is 6.79. The Kier molecular flexibility index (Phi) is 3.85. The number of carbonyl (C=O) groups is 2. The van der Waals surface area contributed by atoms with E-state index in [-0.39, 0.29) is 35.5 Å². The Bertz CT molecular complexity index is 1280. The van der Waals surface area contributed by atoms with E-state index < -0.39 is 0 Å². The van der Waals surface area contributed by atoms with E-state index in [1.807, 2.05) is 19.1 Å². The highest BCUT2D eigenvalue weighted by Gasteiger charge is 2.59. The summed E-state index contributed by atoms with van der Waals surface area (Å²) in [5, 5.41) is 7.85. The number of imide groups is 1. The molecule has 2 amide bonds. The van der Waals surface area contributed by atoms with Crippen molar-refractivity contribution in [3.05, 3.63) is 77.6 Å². The van der Waals surface area contributed by atoms with Crippen molar-refractivity contribution in [2.24, 2.45) is 28.8 Å². The van der Waals surface area contributed by atoms with E-state index in [2.05, 4.69) is 65.1 Å². The van der Waals surface area contributed by atoms with Gasteiger partial charge in [-0.05, 0) is 49.6 Å². The third-order valence-corrected chi connectivity index (χ3v) is 7.24. The minimum atomic E-state index is -0.220. The van der Waals surface area contributed by atoms with E-state index in [1.165, 1.54) is 10.8 Å². The van der Waals surface area contributed by atoms with Crippen molar-refractivity contribution in [2.45, 2.75) is 20.3 Å². The maximum Gasteiger partial charge on any atom is 0.254 e. The molecule has 2 aliphatic carbocycles. The minimum absolute atomic E-state index is 0.147. The van der Waals surface area contributed by atoms with Gasteiger partial charge in [0.2, 0.25) is 0 Å². The van der Waals surface area contributed by atoms with Crippen LogP contribution in [0.4, 0.5) is 0 Å². The van der Waals surface area contributed by atoms with Crippen LogP contribution in [0, 0.1) is 37.5 Å². The summed E-state index contributed by atoms with van der Waals surface area (Å²) in [6, 6.07) is 16.7. The summed E-state index contributed by atoms with van der Waals surface area (Å²) in [6.45, 7) is 4.11. The van der Waals surface area contributed by atoms with Crippen molar-refractivity contribution in [3.8, 4) is 5.69 Å². The van der Waals surface area contributed by atoms with Gasteiger partial charge in [0.15, 0.2) is 0 Å². The number of benzene rings is 2. The SMILES string of the molecule is Cc1cc(C=NN2C(=O)C3C4C=CC(C4)C3C2=O)c(C)n1-c1cccc2ccccc12. The molecule has 31 heavy (non-hydrogen) atoms. The van der Waals surface area contributed by atoms with Crippen molar-refractivity contribution >= 4 is 28.8 Å². The van der Waals surface area contributed by atoms with Crippen LogP contribution in [0.25, 0.3) is 16.5 Å². The standard InChI is InChI=1S/C26H23N3O2/c1-15-12-20(16(2)28(15)22-9-5-7-17-6-3-4-8-21(17)22)14-27-29-25(30)23-18-10-11-19(13-18)24(23)26(29)31/h3-12,14,18-19,23-24H,13H2,1-2H3. The molecule has 2 aromatic carbocycles. The van der Waals surface area contributed by atoms with Gasteiger partial charge in [-0.2, -0.15) is 10.1 Å². The molecular formula is C26H23N3O2. The van der Waals surface area contributed by atoms with Crippen molar-refractivity contribution in [2.75, 3.05) is 0 Å². The Morgan fingerprint density at radius 1 is 0.935 bits per heavy atom. The lowest BCUT2D eigenvalue weighted by molar-refractivity contribution is -0.140. The molecule has 0 spiro atoms. The molecule has 2 bridgehead atoms. The molecule has 4 unspecified atom stereocenters. The van der Waals surface area contributed by atoms with Gasteiger partial charge in [0, 0.05) is 22.3 Å². The smallest absolute Gasteiger partial charge is 0.254 e. The third-order valence-electron chi connectivity index (χ3n) is 7.24. The van der Waals surface area contributed by atoms with E-state index in [0.29, 0.717) is 0 Å². The minimum Gasteiger partial charge on any atom is -0.317 e. The Morgan fingerprint density at radius 3 is 2.35 bits per heavy atom. The molecule has 1 saturated heterocycles. The number of nitrogens with zero attached hydrogens (tertiary/aromatic N) is 3. The molecule has 1 aromatic heterocycles. The number of aryl methyl sites for hydroxylation is 1. The average molecular weight is 409 g/mol. The number of amides is 2. The average Bonchev–Trinajstić information content (AvgIpc) is 3.51. The van der Waals surface area contributed by atoms with Crippen LogP contribution in [0.15, 0.2) is 65.8 Å². The maximum absolute atomic E-state index is 12.9. The van der Waals surface area contributed by atoms with Crippen LogP contribution in [0.3, 0.4) is 0 Å². The zero-order valence-electron chi connectivity index (χ0n) is 17.5. The first-order valence-electron chi connectivity index (χ1n) is 10.8. The van der Waals surface area contributed by atoms with Crippen molar-refractivity contribution in [1.29, 1.82) is 0 Å². The summed E-state index contributed by atoms with van der Waals surface area (Å²) in [5.41, 5.74) is 4.12. The van der Waals surface area contributed by atoms with Crippen molar-refractivity contribution in [1.82, 2.24) is 9.58 Å². The summed E-state index contributed by atoms with van der Waals surface area (Å²) in [5.74, 6) is -0.339. The van der Waals surface area contributed by atoms with Gasteiger partial charge in [-0.15, -0.1) is 0 Å². The highest BCUT2D eigenvalue weighted by molar-refractivity contribution is 6.07. The predicted octanol–water partition coefficient (Wildman–Crippen LogP) is 4.39. The Labute approximate surface area is 180 Å². The number of rotatable bonds is 3. The molecular weight excluding hydrogens is 386 g/mol. The highest BCUT2D eigenvalue weighted by Crippen LogP contribution is 2.52. The Morgan fingerprint density at radius 2 is 1.61 bits per heavy atom. The zero-order valence-corrected chi connectivity index (χ0v) is 17.5. The topological polar surface area (TPSA) is 54.7 Å². The molecule has 3 aliphatic rings. The molecule has 5 nitrogen and oxygen atoms in total. The monoisotopic (exact) mass is 409 g/mol. The summed E-state index contributed by atoms with van der Waals surface area (Å²) >= 11 is 0. The third kappa shape index (κ3) is 2.52. The second-order valence-corrected chi connectivity index (χ2v) is 8.89. The van der Waals surface area contributed by atoms with Crippen molar-refractivity contribution < 1.29 is 9.59 Å². The largest absolute Gasteiger partial charge is 0.317 e.